The molecule has 0 bridgehead atoms. The van der Waals surface area contributed by atoms with Crippen molar-refractivity contribution < 1.29 is 78.9 Å². The van der Waals surface area contributed by atoms with E-state index in [-0.39, 0.29) is 43.8 Å². The van der Waals surface area contributed by atoms with Gasteiger partial charge in [0.25, 0.3) is 0 Å². The van der Waals surface area contributed by atoms with Crippen molar-refractivity contribution >= 4 is 20.8 Å². The maximum absolute atomic E-state index is 8.63. The van der Waals surface area contributed by atoms with Gasteiger partial charge in [-0.25, -0.2) is 8.42 Å². The summed E-state index contributed by atoms with van der Waals surface area (Å²) in [6.45, 7) is 0. The van der Waals surface area contributed by atoms with Crippen LogP contribution < -0.4 is 18.9 Å². The molecule has 0 heterocycles. The van der Waals surface area contributed by atoms with Gasteiger partial charge in [-0.3, -0.25) is 13.0 Å². The van der Waals surface area contributed by atoms with Crippen LogP contribution in [0.1, 0.15) is 0 Å². The molecule has 0 saturated heterocycles. The summed E-state index contributed by atoms with van der Waals surface area (Å²) in [5.74, 6) is 0. The molecule has 0 aromatic carbocycles. The summed E-state index contributed by atoms with van der Waals surface area (Å²) in [5, 5.41) is 0. The van der Waals surface area contributed by atoms with E-state index in [0.29, 0.717) is 0 Å². The van der Waals surface area contributed by atoms with Crippen molar-refractivity contribution in [2.45, 2.75) is 0 Å². The molecule has 0 spiro atoms. The molecule has 72 valence electrons. The Hall–Kier alpha value is 0.921. The van der Waals surface area contributed by atoms with Crippen molar-refractivity contribution in [1.29, 1.82) is 0 Å². The van der Waals surface area contributed by atoms with Gasteiger partial charge in [0.1, 0.15) is 0 Å². The van der Waals surface area contributed by atoms with Crippen molar-refractivity contribution in [1.82, 2.24) is 0 Å². The zero-order valence-corrected chi connectivity index (χ0v) is 10.9. The molecule has 9 nitrogen and oxygen atoms in total. The number of hydrogen-bond acceptors (Lipinski definition) is 7. The van der Waals surface area contributed by atoms with Crippen LogP contribution in [-0.4, -0.2) is 40.5 Å². The largest absolute Gasteiger partial charge is 2.00 e. The van der Waals surface area contributed by atoms with Gasteiger partial charge in [0.2, 0.25) is 10.4 Å². The monoisotopic (exact) mass is 282 g/mol. The van der Waals surface area contributed by atoms with Gasteiger partial charge >= 0.3 is 38.3 Å². The molecule has 13 heteroatoms. The Morgan fingerprint density at radius 3 is 0.923 bits per heavy atom. The standard InChI is InChI=1S/Li.2H2O4S.H2O.Zn/c;2*1-5(2,3)4;;/h;2*(H2,1,2,3,4);1H2;/q+1;;;;+2/p-3. The first-order chi connectivity index (χ1) is 4.00. The smallest absolute Gasteiger partial charge is 0.759 e. The van der Waals surface area contributed by atoms with Crippen LogP contribution in [0.2, 0.25) is 0 Å². The Labute approximate surface area is 99.3 Å². The molecule has 0 aliphatic heterocycles. The van der Waals surface area contributed by atoms with Gasteiger partial charge in [-0.1, -0.05) is 0 Å². The molecule has 0 aromatic heterocycles. The fraction of sp³-hybridized carbons (Fsp3) is 0. The molecular weight excluding hydrogens is 280 g/mol. The third-order valence-electron chi connectivity index (χ3n) is 0. The third kappa shape index (κ3) is 1820. The Morgan fingerprint density at radius 2 is 0.923 bits per heavy atom. The van der Waals surface area contributed by atoms with E-state index in [9.17, 15) is 0 Å². The van der Waals surface area contributed by atoms with Crippen LogP contribution in [0.4, 0.5) is 0 Å². The van der Waals surface area contributed by atoms with Crippen molar-refractivity contribution in [3.8, 4) is 0 Å². The Balaban J connectivity index is -0.0000000267. The summed E-state index contributed by atoms with van der Waals surface area (Å²) in [6.07, 6.45) is 0. The molecule has 0 saturated carbocycles. The summed E-state index contributed by atoms with van der Waals surface area (Å²) in [6, 6.07) is 0. The number of hydrogen-bond donors (Lipinski definition) is 1. The summed E-state index contributed by atoms with van der Waals surface area (Å²) < 4.78 is 66.9. The van der Waals surface area contributed by atoms with Gasteiger partial charge in [-0.15, -0.1) is 0 Å². The van der Waals surface area contributed by atoms with Gasteiger partial charge in [0.15, 0.2) is 0 Å². The zero-order valence-electron chi connectivity index (χ0n) is 6.33. The average Bonchev–Trinajstić information content (AvgIpc) is 1.12. The SMILES string of the molecule is O.O=S(=O)([O-])O.O=S(=O)([O-])[O-].[Li+].[Zn+2]. The molecule has 0 amide bonds. The predicted octanol–water partition coefficient (Wildman–Crippen LogP) is -6.16. The first-order valence-electron chi connectivity index (χ1n) is 1.35. The average molecular weight is 283 g/mol. The molecule has 0 aliphatic rings. The quantitative estimate of drug-likeness (QED) is 0.258. The maximum atomic E-state index is 8.63. The summed E-state index contributed by atoms with van der Waals surface area (Å²) in [7, 11) is -10.1. The first-order valence-corrected chi connectivity index (χ1v) is 4.05. The van der Waals surface area contributed by atoms with Crippen molar-refractivity contribution in [2.24, 2.45) is 0 Å². The minimum absolute atomic E-state index is 0. The minimum Gasteiger partial charge on any atom is -0.759 e. The molecule has 0 aliphatic carbocycles. The van der Waals surface area contributed by atoms with Gasteiger partial charge in [-0.05, 0) is 0 Å². The maximum Gasteiger partial charge on any atom is 2.00 e. The van der Waals surface area contributed by atoms with Gasteiger partial charge < -0.3 is 19.1 Å². The predicted molar refractivity (Wildman–Crippen MR) is 26.4 cm³/mol. The van der Waals surface area contributed by atoms with Crippen LogP contribution in [0, 0.1) is 0 Å². The number of rotatable bonds is 0. The van der Waals surface area contributed by atoms with Crippen LogP contribution >= 0.6 is 0 Å². The topological polar surface area (TPSA) is 189 Å². The molecule has 0 rings (SSSR count). The second-order valence-electron chi connectivity index (χ2n) is 0.836. The molecule has 0 unspecified atom stereocenters. The molecule has 3 N–H and O–H groups in total. The van der Waals surface area contributed by atoms with Crippen LogP contribution in [-0.2, 0) is 40.3 Å². The molecule has 0 radical (unpaired) electrons. The Kier molecular flexibility index (Phi) is 24.7. The van der Waals surface area contributed by atoms with Gasteiger partial charge in [-0.2, -0.15) is 0 Å². The van der Waals surface area contributed by atoms with Crippen molar-refractivity contribution in [2.75, 3.05) is 0 Å². The molecular formula is H3LiO9S2Zn. The van der Waals surface area contributed by atoms with E-state index in [1.54, 1.807) is 0 Å². The van der Waals surface area contributed by atoms with E-state index in [4.69, 9.17) is 35.0 Å². The fourth-order valence-corrected chi connectivity index (χ4v) is 0. The Morgan fingerprint density at radius 1 is 0.923 bits per heavy atom. The summed E-state index contributed by atoms with van der Waals surface area (Å²) in [4.78, 5) is 0. The Bertz CT molecular complexity index is 214. The second-order valence-corrected chi connectivity index (χ2v) is 2.51. The molecule has 0 aromatic rings. The van der Waals surface area contributed by atoms with Gasteiger partial charge in [0, 0.05) is 10.4 Å². The fourth-order valence-electron chi connectivity index (χ4n) is 0. The minimum atomic E-state index is -5.17. The van der Waals surface area contributed by atoms with E-state index in [1.165, 1.54) is 0 Å². The van der Waals surface area contributed by atoms with E-state index < -0.39 is 20.8 Å². The van der Waals surface area contributed by atoms with Crippen LogP contribution in [0.25, 0.3) is 0 Å². The summed E-state index contributed by atoms with van der Waals surface area (Å²) >= 11 is 0. The van der Waals surface area contributed by atoms with Crippen LogP contribution in [0.3, 0.4) is 0 Å². The zero-order chi connectivity index (χ0) is 9.00. The van der Waals surface area contributed by atoms with Crippen LogP contribution in [0.5, 0.6) is 0 Å². The van der Waals surface area contributed by atoms with E-state index in [1.807, 2.05) is 0 Å². The second kappa shape index (κ2) is 11.0. The van der Waals surface area contributed by atoms with E-state index in [0.717, 1.165) is 0 Å². The van der Waals surface area contributed by atoms with Crippen LogP contribution in [0.15, 0.2) is 0 Å². The van der Waals surface area contributed by atoms with Crippen molar-refractivity contribution in [3.63, 3.8) is 0 Å². The van der Waals surface area contributed by atoms with E-state index >= 15 is 0 Å². The molecule has 13 heavy (non-hydrogen) atoms. The van der Waals surface area contributed by atoms with Crippen molar-refractivity contribution in [3.05, 3.63) is 0 Å². The molecule has 0 fully saturated rings. The summed E-state index contributed by atoms with van der Waals surface area (Å²) in [5.41, 5.74) is 0. The van der Waals surface area contributed by atoms with E-state index in [2.05, 4.69) is 0 Å². The normalized spacial score (nSPS) is 8.92. The third-order valence-corrected chi connectivity index (χ3v) is 0. The first kappa shape index (κ1) is 29.2. The molecule has 0 atom stereocenters. The van der Waals surface area contributed by atoms with Gasteiger partial charge in [0.05, 0.1) is 0 Å².